The number of fused-ring (bicyclic) bond motifs is 1. The number of carbonyl (C=O) groups excluding carboxylic acids is 3. The van der Waals surface area contributed by atoms with Gasteiger partial charge in [-0.05, 0) is 44.0 Å². The van der Waals surface area contributed by atoms with Gasteiger partial charge in [0, 0.05) is 6.54 Å². The molecular weight excluding hydrogens is 372 g/mol. The highest BCUT2D eigenvalue weighted by molar-refractivity contribution is 5.87. The Morgan fingerprint density at radius 1 is 1.03 bits per heavy atom. The normalized spacial score (nSPS) is 12.1. The van der Waals surface area contributed by atoms with Gasteiger partial charge in [-0.25, -0.2) is 4.79 Å². The summed E-state index contributed by atoms with van der Waals surface area (Å²) in [4.78, 5) is 35.4. The van der Waals surface area contributed by atoms with Crippen LogP contribution < -0.4 is 10.6 Å². The first-order valence-corrected chi connectivity index (χ1v) is 9.55. The van der Waals surface area contributed by atoms with Crippen molar-refractivity contribution < 1.29 is 23.9 Å². The number of alkyl carbamates (subject to hydrolysis) is 1. The molecule has 2 aromatic carbocycles. The summed E-state index contributed by atoms with van der Waals surface area (Å²) in [6.45, 7) is 6.82. The molecule has 0 unspecified atom stereocenters. The Morgan fingerprint density at radius 2 is 1.72 bits per heavy atom. The quantitative estimate of drug-likeness (QED) is 0.694. The van der Waals surface area contributed by atoms with Gasteiger partial charge < -0.3 is 20.1 Å². The van der Waals surface area contributed by atoms with Crippen molar-refractivity contribution in [3.05, 3.63) is 48.0 Å². The number of esters is 1. The number of hydrogen-bond acceptors (Lipinski definition) is 5. The third kappa shape index (κ3) is 7.44. The van der Waals surface area contributed by atoms with E-state index in [0.717, 1.165) is 16.3 Å². The fraction of sp³-hybridized carbons (Fsp3) is 0.409. The second kappa shape index (κ2) is 9.91. The summed E-state index contributed by atoms with van der Waals surface area (Å²) in [7, 11) is 0. The van der Waals surface area contributed by atoms with Crippen LogP contribution in [0, 0.1) is 0 Å². The van der Waals surface area contributed by atoms with Crippen molar-refractivity contribution in [1.29, 1.82) is 0 Å². The molecule has 2 amide bonds. The number of benzene rings is 2. The predicted molar refractivity (Wildman–Crippen MR) is 110 cm³/mol. The summed E-state index contributed by atoms with van der Waals surface area (Å²) in [5, 5.41) is 7.46. The first-order chi connectivity index (χ1) is 13.7. The molecule has 2 rings (SSSR count). The van der Waals surface area contributed by atoms with Gasteiger partial charge in [0.15, 0.2) is 6.61 Å². The van der Waals surface area contributed by atoms with E-state index in [1.165, 1.54) is 0 Å². The lowest BCUT2D eigenvalue weighted by Crippen LogP contribution is -2.34. The van der Waals surface area contributed by atoms with Crippen LogP contribution in [-0.4, -0.2) is 36.7 Å². The predicted octanol–water partition coefficient (Wildman–Crippen LogP) is 3.48. The standard InChI is InChI=1S/C22H28N2O5/c1-15(17-11-7-9-16-8-5-6-10-18(16)17)24-19(25)14-28-20(26)12-13-23-21(27)29-22(2,3)4/h5-11,15H,12-14H2,1-4H3,(H,23,27)(H,24,25)/t15-/m0/s1. The molecule has 0 aliphatic carbocycles. The van der Waals surface area contributed by atoms with Crippen LogP contribution in [0.5, 0.6) is 0 Å². The average Bonchev–Trinajstić information content (AvgIpc) is 2.64. The monoisotopic (exact) mass is 400 g/mol. The molecule has 0 fully saturated rings. The Morgan fingerprint density at radius 3 is 2.45 bits per heavy atom. The highest BCUT2D eigenvalue weighted by Gasteiger charge is 2.17. The van der Waals surface area contributed by atoms with Crippen LogP contribution in [0.1, 0.15) is 45.7 Å². The van der Waals surface area contributed by atoms with Crippen LogP contribution in [0.2, 0.25) is 0 Å². The van der Waals surface area contributed by atoms with Crippen LogP contribution in [-0.2, 0) is 19.1 Å². The molecule has 0 saturated heterocycles. The number of hydrogen-bond donors (Lipinski definition) is 2. The summed E-state index contributed by atoms with van der Waals surface area (Å²) >= 11 is 0. The minimum absolute atomic E-state index is 0.0502. The minimum Gasteiger partial charge on any atom is -0.456 e. The lowest BCUT2D eigenvalue weighted by Gasteiger charge is -2.19. The molecular formula is C22H28N2O5. The number of amides is 2. The summed E-state index contributed by atoms with van der Waals surface area (Å²) in [5.41, 5.74) is 0.382. The van der Waals surface area contributed by atoms with Gasteiger partial charge in [-0.2, -0.15) is 0 Å². The van der Waals surface area contributed by atoms with E-state index >= 15 is 0 Å². The maximum atomic E-state index is 12.1. The van der Waals surface area contributed by atoms with Gasteiger partial charge in [0.1, 0.15) is 5.60 Å². The second-order valence-electron chi connectivity index (χ2n) is 7.70. The first-order valence-electron chi connectivity index (χ1n) is 9.55. The van der Waals surface area contributed by atoms with Gasteiger partial charge in [-0.15, -0.1) is 0 Å². The Kier molecular flexibility index (Phi) is 7.59. The highest BCUT2D eigenvalue weighted by Crippen LogP contribution is 2.23. The Balaban J connectivity index is 1.75. The maximum absolute atomic E-state index is 12.1. The summed E-state index contributed by atoms with van der Waals surface area (Å²) in [6, 6.07) is 13.6. The molecule has 0 saturated carbocycles. The van der Waals surface area contributed by atoms with Gasteiger partial charge in [0.2, 0.25) is 0 Å². The van der Waals surface area contributed by atoms with E-state index < -0.39 is 17.7 Å². The van der Waals surface area contributed by atoms with E-state index in [9.17, 15) is 14.4 Å². The lowest BCUT2D eigenvalue weighted by molar-refractivity contribution is -0.148. The number of ether oxygens (including phenoxy) is 2. The summed E-state index contributed by atoms with van der Waals surface area (Å²) in [6.07, 6.45) is -0.655. The van der Waals surface area contributed by atoms with Crippen LogP contribution in [0.3, 0.4) is 0 Å². The van der Waals surface area contributed by atoms with Crippen molar-refractivity contribution in [2.24, 2.45) is 0 Å². The van der Waals surface area contributed by atoms with Crippen molar-refractivity contribution in [3.63, 3.8) is 0 Å². The van der Waals surface area contributed by atoms with Crippen molar-refractivity contribution in [2.75, 3.05) is 13.2 Å². The molecule has 0 aliphatic heterocycles. The van der Waals surface area contributed by atoms with Gasteiger partial charge in [-0.3, -0.25) is 9.59 Å². The van der Waals surface area contributed by atoms with E-state index in [1.54, 1.807) is 20.8 Å². The lowest BCUT2D eigenvalue weighted by atomic mass is 10.00. The van der Waals surface area contributed by atoms with E-state index in [4.69, 9.17) is 9.47 Å². The van der Waals surface area contributed by atoms with Crippen molar-refractivity contribution in [1.82, 2.24) is 10.6 Å². The average molecular weight is 400 g/mol. The van der Waals surface area contributed by atoms with E-state index in [2.05, 4.69) is 10.6 Å². The fourth-order valence-electron chi connectivity index (χ4n) is 2.79. The van der Waals surface area contributed by atoms with Gasteiger partial charge in [-0.1, -0.05) is 42.5 Å². The topological polar surface area (TPSA) is 93.7 Å². The number of rotatable bonds is 7. The Bertz CT molecular complexity index is 868. The molecule has 7 nitrogen and oxygen atoms in total. The van der Waals surface area contributed by atoms with Gasteiger partial charge in [0.25, 0.3) is 5.91 Å². The van der Waals surface area contributed by atoms with E-state index in [1.807, 2.05) is 49.4 Å². The number of carbonyl (C=O) groups is 3. The molecule has 0 heterocycles. The van der Waals surface area contributed by atoms with Gasteiger partial charge >= 0.3 is 12.1 Å². The largest absolute Gasteiger partial charge is 0.456 e. The highest BCUT2D eigenvalue weighted by atomic mass is 16.6. The van der Waals surface area contributed by atoms with Crippen LogP contribution in [0.4, 0.5) is 4.79 Å². The second-order valence-corrected chi connectivity index (χ2v) is 7.70. The zero-order valence-corrected chi connectivity index (χ0v) is 17.3. The van der Waals surface area contributed by atoms with Crippen molar-refractivity contribution in [3.8, 4) is 0 Å². The fourth-order valence-corrected chi connectivity index (χ4v) is 2.79. The molecule has 0 aromatic heterocycles. The zero-order valence-electron chi connectivity index (χ0n) is 17.3. The maximum Gasteiger partial charge on any atom is 0.407 e. The molecule has 7 heteroatoms. The molecule has 2 aromatic rings. The SMILES string of the molecule is C[C@H](NC(=O)COC(=O)CCNC(=O)OC(C)(C)C)c1cccc2ccccc12. The summed E-state index contributed by atoms with van der Waals surface area (Å²) < 4.78 is 10.0. The Labute approximate surface area is 170 Å². The van der Waals surface area contributed by atoms with Crippen molar-refractivity contribution >= 4 is 28.7 Å². The van der Waals surface area contributed by atoms with E-state index in [0.29, 0.717) is 0 Å². The van der Waals surface area contributed by atoms with E-state index in [-0.39, 0.29) is 31.5 Å². The zero-order chi connectivity index (χ0) is 21.4. The van der Waals surface area contributed by atoms with Crippen LogP contribution >= 0.6 is 0 Å². The minimum atomic E-state index is -0.608. The third-order valence-corrected chi connectivity index (χ3v) is 4.03. The molecule has 1 atom stereocenters. The molecule has 156 valence electrons. The van der Waals surface area contributed by atoms with Gasteiger partial charge in [0.05, 0.1) is 12.5 Å². The third-order valence-electron chi connectivity index (χ3n) is 4.03. The molecule has 29 heavy (non-hydrogen) atoms. The van der Waals surface area contributed by atoms with Crippen LogP contribution in [0.25, 0.3) is 10.8 Å². The summed E-state index contributed by atoms with van der Waals surface area (Å²) in [5.74, 6) is -0.965. The number of nitrogens with one attached hydrogen (secondary N) is 2. The van der Waals surface area contributed by atoms with Crippen LogP contribution in [0.15, 0.2) is 42.5 Å². The molecule has 0 radical (unpaired) electrons. The molecule has 2 N–H and O–H groups in total. The molecule has 0 spiro atoms. The molecule has 0 bridgehead atoms. The van der Waals surface area contributed by atoms with Crippen molar-refractivity contribution in [2.45, 2.75) is 45.8 Å². The Hall–Kier alpha value is -3.09. The molecule has 0 aliphatic rings. The first kappa shape index (κ1) is 22.2. The smallest absolute Gasteiger partial charge is 0.407 e.